The molecular formula is C14H25NO2. The van der Waals surface area contributed by atoms with E-state index < -0.39 is 11.7 Å². The number of terminal acetylenes is 1. The largest absolute Gasteiger partial charge is 0.389 e. The van der Waals surface area contributed by atoms with Gasteiger partial charge in [-0.15, -0.1) is 6.42 Å². The minimum Gasteiger partial charge on any atom is -0.389 e. The van der Waals surface area contributed by atoms with Crippen molar-refractivity contribution in [1.29, 1.82) is 0 Å². The van der Waals surface area contributed by atoms with Crippen LogP contribution in [-0.2, 0) is 4.74 Å². The van der Waals surface area contributed by atoms with Gasteiger partial charge in [-0.3, -0.25) is 0 Å². The molecular weight excluding hydrogens is 214 g/mol. The lowest BCUT2D eigenvalue weighted by Gasteiger charge is -2.30. The lowest BCUT2D eigenvalue weighted by Crippen LogP contribution is -2.40. The molecule has 0 aromatic rings. The molecule has 1 fully saturated rings. The molecule has 98 valence electrons. The van der Waals surface area contributed by atoms with Gasteiger partial charge in [-0.25, -0.2) is 0 Å². The van der Waals surface area contributed by atoms with Crippen molar-refractivity contribution in [3.05, 3.63) is 0 Å². The monoisotopic (exact) mass is 239 g/mol. The Labute approximate surface area is 105 Å². The Morgan fingerprint density at radius 3 is 2.59 bits per heavy atom. The summed E-state index contributed by atoms with van der Waals surface area (Å²) in [5.74, 6) is 2.64. The molecule has 0 aromatic carbocycles. The quantitative estimate of drug-likeness (QED) is 0.715. The third kappa shape index (κ3) is 5.08. The van der Waals surface area contributed by atoms with E-state index in [4.69, 9.17) is 11.2 Å². The van der Waals surface area contributed by atoms with Crippen molar-refractivity contribution in [1.82, 2.24) is 4.90 Å². The fraction of sp³-hybridized carbons (Fsp3) is 0.857. The summed E-state index contributed by atoms with van der Waals surface area (Å²) >= 11 is 0. The Morgan fingerprint density at radius 1 is 1.41 bits per heavy atom. The zero-order valence-electron chi connectivity index (χ0n) is 11.1. The maximum atomic E-state index is 9.92. The van der Waals surface area contributed by atoms with E-state index in [2.05, 4.69) is 10.8 Å². The average molecular weight is 239 g/mol. The second kappa shape index (κ2) is 7.00. The number of β-amino-alcohol motifs (C(OH)–C–C–N with tert-alkyl or cyclic N) is 1. The number of piperidine rings is 1. The summed E-state index contributed by atoms with van der Waals surface area (Å²) in [6.07, 6.45) is 9.54. The number of nitrogens with zero attached hydrogens (tertiary/aromatic N) is 1. The molecule has 3 heteroatoms. The molecule has 3 nitrogen and oxygen atoms in total. The van der Waals surface area contributed by atoms with Crippen molar-refractivity contribution in [3.63, 3.8) is 0 Å². The molecule has 17 heavy (non-hydrogen) atoms. The van der Waals surface area contributed by atoms with E-state index in [-0.39, 0.29) is 0 Å². The second-order valence-corrected chi connectivity index (χ2v) is 5.05. The maximum absolute atomic E-state index is 9.92. The van der Waals surface area contributed by atoms with Gasteiger partial charge in [0.05, 0.1) is 12.7 Å². The van der Waals surface area contributed by atoms with Crippen LogP contribution in [-0.4, -0.2) is 48.0 Å². The summed E-state index contributed by atoms with van der Waals surface area (Å²) in [7, 11) is 0. The molecule has 1 aliphatic rings. The fourth-order valence-electron chi connectivity index (χ4n) is 2.02. The standard InChI is InChI=1S/C14H25NO2/c1-4-14(3,5-2)17-12-13(16)11-15-9-7-6-8-10-15/h1,13,16H,5-12H2,2-3H3/t13?,14-/m0/s1. The summed E-state index contributed by atoms with van der Waals surface area (Å²) in [5, 5.41) is 9.92. The van der Waals surface area contributed by atoms with Crippen LogP contribution in [0.15, 0.2) is 0 Å². The van der Waals surface area contributed by atoms with Crippen LogP contribution in [0.1, 0.15) is 39.5 Å². The van der Waals surface area contributed by atoms with Gasteiger partial charge in [-0.05, 0) is 39.3 Å². The molecule has 0 amide bonds. The minimum absolute atomic E-state index is 0.324. The smallest absolute Gasteiger partial charge is 0.125 e. The molecule has 0 radical (unpaired) electrons. The predicted molar refractivity (Wildman–Crippen MR) is 69.8 cm³/mol. The van der Waals surface area contributed by atoms with Crippen LogP contribution < -0.4 is 0 Å². The number of hydrogen-bond acceptors (Lipinski definition) is 3. The summed E-state index contributed by atoms with van der Waals surface area (Å²) in [4.78, 5) is 2.30. The van der Waals surface area contributed by atoms with Crippen molar-refractivity contribution in [2.75, 3.05) is 26.2 Å². The second-order valence-electron chi connectivity index (χ2n) is 5.05. The molecule has 0 bridgehead atoms. The van der Waals surface area contributed by atoms with Crippen LogP contribution in [0.3, 0.4) is 0 Å². The summed E-state index contributed by atoms with van der Waals surface area (Å²) < 4.78 is 5.62. The number of ether oxygens (including phenoxy) is 1. The van der Waals surface area contributed by atoms with Crippen LogP contribution in [0, 0.1) is 12.3 Å². The van der Waals surface area contributed by atoms with E-state index >= 15 is 0 Å². The highest BCUT2D eigenvalue weighted by Crippen LogP contribution is 2.14. The molecule has 0 spiro atoms. The lowest BCUT2D eigenvalue weighted by molar-refractivity contribution is -0.0481. The van der Waals surface area contributed by atoms with Gasteiger partial charge in [-0.2, -0.15) is 0 Å². The van der Waals surface area contributed by atoms with Gasteiger partial charge in [0.15, 0.2) is 0 Å². The van der Waals surface area contributed by atoms with Crippen LogP contribution >= 0.6 is 0 Å². The summed E-state index contributed by atoms with van der Waals surface area (Å²) in [6, 6.07) is 0. The van der Waals surface area contributed by atoms with Crippen molar-refractivity contribution < 1.29 is 9.84 Å². The Hall–Kier alpha value is -0.560. The zero-order valence-corrected chi connectivity index (χ0v) is 11.1. The van der Waals surface area contributed by atoms with Gasteiger partial charge in [0.1, 0.15) is 5.60 Å². The lowest BCUT2D eigenvalue weighted by atomic mass is 10.1. The molecule has 1 rings (SSSR count). The summed E-state index contributed by atoms with van der Waals surface area (Å²) in [6.45, 7) is 7.10. The Morgan fingerprint density at radius 2 is 2.06 bits per heavy atom. The average Bonchev–Trinajstić information content (AvgIpc) is 2.37. The van der Waals surface area contributed by atoms with Crippen molar-refractivity contribution in [3.8, 4) is 12.3 Å². The van der Waals surface area contributed by atoms with Crippen molar-refractivity contribution in [2.45, 2.75) is 51.2 Å². The van der Waals surface area contributed by atoms with Gasteiger partial charge in [-0.1, -0.05) is 19.3 Å². The minimum atomic E-state index is -0.539. The molecule has 1 N–H and O–H groups in total. The van der Waals surface area contributed by atoms with Gasteiger partial charge in [0.2, 0.25) is 0 Å². The van der Waals surface area contributed by atoms with Gasteiger partial charge < -0.3 is 14.7 Å². The first-order chi connectivity index (χ1) is 8.09. The van der Waals surface area contributed by atoms with Crippen LogP contribution in [0.4, 0.5) is 0 Å². The number of rotatable bonds is 6. The molecule has 1 heterocycles. The molecule has 0 aromatic heterocycles. The third-order valence-corrected chi connectivity index (χ3v) is 3.49. The molecule has 2 atom stereocenters. The van der Waals surface area contributed by atoms with Crippen LogP contribution in [0.25, 0.3) is 0 Å². The highest BCUT2D eigenvalue weighted by atomic mass is 16.5. The summed E-state index contributed by atoms with van der Waals surface area (Å²) in [5.41, 5.74) is -0.539. The zero-order chi connectivity index (χ0) is 12.7. The highest BCUT2D eigenvalue weighted by molar-refractivity contribution is 5.05. The molecule has 0 aliphatic carbocycles. The normalized spacial score (nSPS) is 22.7. The van der Waals surface area contributed by atoms with Gasteiger partial charge in [0.25, 0.3) is 0 Å². The van der Waals surface area contributed by atoms with Gasteiger partial charge in [0, 0.05) is 6.54 Å². The molecule has 1 unspecified atom stereocenters. The van der Waals surface area contributed by atoms with E-state index in [1.807, 2.05) is 13.8 Å². The van der Waals surface area contributed by atoms with E-state index in [0.29, 0.717) is 13.2 Å². The van der Waals surface area contributed by atoms with Gasteiger partial charge >= 0.3 is 0 Å². The van der Waals surface area contributed by atoms with Crippen LogP contribution in [0.2, 0.25) is 0 Å². The van der Waals surface area contributed by atoms with Crippen molar-refractivity contribution in [2.24, 2.45) is 0 Å². The molecule has 1 aliphatic heterocycles. The number of aliphatic hydroxyl groups is 1. The van der Waals surface area contributed by atoms with E-state index in [0.717, 1.165) is 19.5 Å². The number of likely N-dealkylation sites (tertiary alicyclic amines) is 1. The predicted octanol–water partition coefficient (Wildman–Crippen LogP) is 1.65. The van der Waals surface area contributed by atoms with E-state index in [9.17, 15) is 5.11 Å². The molecule has 0 saturated carbocycles. The van der Waals surface area contributed by atoms with Crippen LogP contribution in [0.5, 0.6) is 0 Å². The van der Waals surface area contributed by atoms with Crippen molar-refractivity contribution >= 4 is 0 Å². The van der Waals surface area contributed by atoms with E-state index in [1.165, 1.54) is 19.3 Å². The fourth-order valence-corrected chi connectivity index (χ4v) is 2.02. The number of aliphatic hydroxyl groups excluding tert-OH is 1. The Balaban J connectivity index is 2.24. The Bertz CT molecular complexity index is 255. The van der Waals surface area contributed by atoms with E-state index in [1.54, 1.807) is 0 Å². The topological polar surface area (TPSA) is 32.7 Å². The highest BCUT2D eigenvalue weighted by Gasteiger charge is 2.22. The maximum Gasteiger partial charge on any atom is 0.125 e. The first kappa shape index (κ1) is 14.5. The SMILES string of the molecule is C#C[C@@](C)(CC)OCC(O)CN1CCCCC1. The first-order valence-corrected chi connectivity index (χ1v) is 6.62. The first-order valence-electron chi connectivity index (χ1n) is 6.62. The number of hydrogen-bond donors (Lipinski definition) is 1. The third-order valence-electron chi connectivity index (χ3n) is 3.49. The molecule has 1 saturated heterocycles. The Kier molecular flexibility index (Phi) is 5.97.